The van der Waals surface area contributed by atoms with Gasteiger partial charge in [0.05, 0.1) is 22.8 Å². The predicted molar refractivity (Wildman–Crippen MR) is 147 cm³/mol. The summed E-state index contributed by atoms with van der Waals surface area (Å²) in [5.41, 5.74) is 4.50. The molecule has 34 heavy (non-hydrogen) atoms. The molecule has 1 saturated heterocycles. The van der Waals surface area contributed by atoms with Gasteiger partial charge in [0.25, 0.3) is 5.91 Å². The third-order valence-corrected chi connectivity index (χ3v) is 7.25. The highest BCUT2D eigenvalue weighted by atomic mass is 35.5. The summed E-state index contributed by atoms with van der Waals surface area (Å²) in [7, 11) is 0. The highest BCUT2D eigenvalue weighted by Crippen LogP contribution is 2.31. The zero-order valence-electron chi connectivity index (χ0n) is 18.5. The van der Waals surface area contributed by atoms with Crippen molar-refractivity contribution in [1.82, 2.24) is 0 Å². The fourth-order valence-corrected chi connectivity index (χ4v) is 5.11. The van der Waals surface area contributed by atoms with E-state index in [1.807, 2.05) is 42.5 Å². The number of aliphatic imine (C=N–C) groups is 2. The average Bonchev–Trinajstić information content (AvgIpc) is 2.86. The van der Waals surface area contributed by atoms with E-state index in [-0.39, 0.29) is 5.91 Å². The Labute approximate surface area is 214 Å². The molecular weight excluding hydrogens is 487 g/mol. The molecule has 1 aliphatic heterocycles. The first-order valence-electron chi connectivity index (χ1n) is 10.9. The average molecular weight is 511 g/mol. The molecule has 0 radical (unpaired) electrons. The molecule has 0 atom stereocenters. The first-order chi connectivity index (χ1) is 16.5. The van der Waals surface area contributed by atoms with Crippen molar-refractivity contribution in [2.45, 2.75) is 19.4 Å². The first kappa shape index (κ1) is 24.3. The van der Waals surface area contributed by atoms with Crippen LogP contribution in [0.4, 0.5) is 17.1 Å². The van der Waals surface area contributed by atoms with Gasteiger partial charge >= 0.3 is 0 Å². The molecule has 1 N–H and O–H groups in total. The van der Waals surface area contributed by atoms with Crippen LogP contribution in [-0.2, 0) is 6.54 Å². The Balaban J connectivity index is 1.45. The monoisotopic (exact) mass is 510 g/mol. The van der Waals surface area contributed by atoms with E-state index >= 15 is 0 Å². The molecule has 4 rings (SSSR count). The fourth-order valence-electron chi connectivity index (χ4n) is 3.60. The lowest BCUT2D eigenvalue weighted by Crippen LogP contribution is -2.21. The highest BCUT2D eigenvalue weighted by Gasteiger charge is 2.16. The van der Waals surface area contributed by atoms with Crippen LogP contribution >= 0.6 is 35.1 Å². The number of hydrogen-bond donors (Lipinski definition) is 1. The van der Waals surface area contributed by atoms with Gasteiger partial charge in [-0.1, -0.05) is 41.4 Å². The predicted octanol–water partition coefficient (Wildman–Crippen LogP) is 7.45. The number of carbonyl (C=O) groups is 1. The van der Waals surface area contributed by atoms with Crippen molar-refractivity contribution in [3.05, 3.63) is 87.4 Å². The molecule has 0 unspecified atom stereocenters. The Kier molecular flexibility index (Phi) is 8.27. The van der Waals surface area contributed by atoms with Crippen LogP contribution in [0.2, 0.25) is 10.0 Å². The third kappa shape index (κ3) is 6.00. The van der Waals surface area contributed by atoms with Crippen LogP contribution in [-0.4, -0.2) is 31.1 Å². The molecule has 0 spiro atoms. The summed E-state index contributed by atoms with van der Waals surface area (Å²) < 4.78 is 2.23. The summed E-state index contributed by atoms with van der Waals surface area (Å²) in [6.07, 6.45) is 4.13. The van der Waals surface area contributed by atoms with Crippen LogP contribution in [0.1, 0.15) is 34.3 Å². The minimum absolute atomic E-state index is 0.273. The molecule has 5 nitrogen and oxygen atoms in total. The fraction of sp³-hybridized carbons (Fsp3) is 0.192. The van der Waals surface area contributed by atoms with E-state index in [4.69, 9.17) is 23.2 Å². The van der Waals surface area contributed by atoms with E-state index < -0.39 is 0 Å². The molecule has 1 fully saturated rings. The number of nitrogens with one attached hydrogen (secondary N) is 1. The van der Waals surface area contributed by atoms with Crippen molar-refractivity contribution in [3.63, 3.8) is 0 Å². The Morgan fingerprint density at radius 2 is 1.94 bits per heavy atom. The van der Waals surface area contributed by atoms with E-state index in [9.17, 15) is 4.79 Å². The van der Waals surface area contributed by atoms with E-state index in [0.717, 1.165) is 41.2 Å². The first-order valence-corrected chi connectivity index (χ1v) is 12.6. The summed E-state index contributed by atoms with van der Waals surface area (Å²) in [4.78, 5) is 21.4. The van der Waals surface area contributed by atoms with E-state index in [1.54, 1.807) is 36.4 Å². The smallest absolute Gasteiger partial charge is 0.257 e. The van der Waals surface area contributed by atoms with Crippen LogP contribution in [0.25, 0.3) is 0 Å². The number of hydrogen-bond acceptors (Lipinski definition) is 5. The van der Waals surface area contributed by atoms with Crippen molar-refractivity contribution in [2.24, 2.45) is 9.98 Å². The van der Waals surface area contributed by atoms with Crippen molar-refractivity contribution in [3.8, 4) is 0 Å². The lowest BCUT2D eigenvalue weighted by atomic mass is 10.1. The molecule has 1 aliphatic rings. The molecule has 3 aromatic rings. The van der Waals surface area contributed by atoms with Gasteiger partial charge < -0.3 is 9.62 Å². The molecule has 3 aromatic carbocycles. The highest BCUT2D eigenvalue weighted by molar-refractivity contribution is 8.00. The number of carbonyl (C=O) groups excluding carboxylic acids is 1. The molecule has 1 heterocycles. The summed E-state index contributed by atoms with van der Waals surface area (Å²) >= 11 is 14.6. The van der Waals surface area contributed by atoms with Gasteiger partial charge in [0, 0.05) is 40.5 Å². The zero-order valence-corrected chi connectivity index (χ0v) is 20.8. The van der Waals surface area contributed by atoms with Crippen LogP contribution in [0.5, 0.6) is 0 Å². The molecule has 174 valence electrons. The van der Waals surface area contributed by atoms with Crippen molar-refractivity contribution < 1.29 is 4.79 Å². The zero-order chi connectivity index (χ0) is 23.9. The van der Waals surface area contributed by atoms with Gasteiger partial charge in [0.2, 0.25) is 0 Å². The van der Waals surface area contributed by atoms with Crippen molar-refractivity contribution in [2.75, 3.05) is 21.9 Å². The minimum Gasteiger partial charge on any atom is -0.322 e. The molecule has 8 heteroatoms. The lowest BCUT2D eigenvalue weighted by molar-refractivity contribution is 0.102. The molecule has 0 aromatic heterocycles. The SMILES string of the molecule is C=Nc1ccccc1C=NCc1cc(NC(=O)c2ccc(N3CCCCS3)cc2Cl)ccc1Cl. The van der Waals surface area contributed by atoms with Gasteiger partial charge in [0.1, 0.15) is 0 Å². The molecule has 0 saturated carbocycles. The van der Waals surface area contributed by atoms with Crippen LogP contribution in [0.3, 0.4) is 0 Å². The van der Waals surface area contributed by atoms with Gasteiger partial charge in [-0.3, -0.25) is 14.8 Å². The normalized spacial score (nSPS) is 13.8. The number of rotatable bonds is 7. The van der Waals surface area contributed by atoms with Crippen LogP contribution in [0, 0.1) is 0 Å². The summed E-state index contributed by atoms with van der Waals surface area (Å²) in [5, 5.41) is 3.92. The standard InChI is InChI=1S/C26H24Cl2N4OS/c1-29-25-7-3-2-6-18(25)16-30-17-19-14-20(8-11-23(19)27)31-26(33)22-10-9-21(15-24(22)28)32-12-4-5-13-34-32/h2-3,6-11,14-16H,1,4-5,12-13,17H2,(H,31,33). The Morgan fingerprint density at radius 3 is 2.71 bits per heavy atom. The van der Waals surface area contributed by atoms with E-state index in [1.165, 1.54) is 6.42 Å². The van der Waals surface area contributed by atoms with E-state index in [2.05, 4.69) is 26.3 Å². The Hall–Kier alpha value is -2.80. The summed E-state index contributed by atoms with van der Waals surface area (Å²) in [6, 6.07) is 18.5. The number of benzene rings is 3. The molecule has 0 aliphatic carbocycles. The maximum Gasteiger partial charge on any atom is 0.257 e. The third-order valence-electron chi connectivity index (χ3n) is 5.39. The molecular formula is C26H24Cl2N4OS. The van der Waals surface area contributed by atoms with Crippen molar-refractivity contribution in [1.29, 1.82) is 0 Å². The van der Waals surface area contributed by atoms with Gasteiger partial charge in [-0.2, -0.15) is 0 Å². The maximum absolute atomic E-state index is 12.9. The number of anilines is 2. The molecule has 1 amide bonds. The number of nitrogens with zero attached hydrogens (tertiary/aromatic N) is 3. The number of amides is 1. The quantitative estimate of drug-likeness (QED) is 0.265. The number of halogens is 2. The minimum atomic E-state index is -0.273. The second-order valence-electron chi connectivity index (χ2n) is 7.75. The maximum atomic E-state index is 12.9. The van der Waals surface area contributed by atoms with Gasteiger partial charge in [-0.25, -0.2) is 0 Å². The van der Waals surface area contributed by atoms with Crippen LogP contribution in [0.15, 0.2) is 70.6 Å². The second-order valence-corrected chi connectivity index (χ2v) is 9.68. The van der Waals surface area contributed by atoms with Gasteiger partial charge in [-0.05, 0) is 79.5 Å². The Bertz CT molecular complexity index is 1230. The Morgan fingerprint density at radius 1 is 1.09 bits per heavy atom. The summed E-state index contributed by atoms with van der Waals surface area (Å²) in [6.45, 7) is 4.93. The van der Waals surface area contributed by atoms with Crippen LogP contribution < -0.4 is 9.62 Å². The number of para-hydroxylation sites is 1. The molecule has 0 bridgehead atoms. The van der Waals surface area contributed by atoms with E-state index in [0.29, 0.717) is 27.8 Å². The topological polar surface area (TPSA) is 57.1 Å². The van der Waals surface area contributed by atoms with Crippen molar-refractivity contribution >= 4 is 71.1 Å². The van der Waals surface area contributed by atoms with Gasteiger partial charge in [-0.15, -0.1) is 0 Å². The largest absolute Gasteiger partial charge is 0.322 e. The summed E-state index contributed by atoms with van der Waals surface area (Å²) in [5.74, 6) is 0.825. The lowest BCUT2D eigenvalue weighted by Gasteiger charge is -2.27. The van der Waals surface area contributed by atoms with Gasteiger partial charge in [0.15, 0.2) is 0 Å². The second kappa shape index (κ2) is 11.6.